The van der Waals surface area contributed by atoms with Gasteiger partial charge in [0.05, 0.1) is 18.2 Å². The predicted molar refractivity (Wildman–Crippen MR) is 107 cm³/mol. The largest absolute Gasteiger partial charge is 0.342 e. The van der Waals surface area contributed by atoms with E-state index in [1.54, 1.807) is 0 Å². The number of carbonyl (C=O) groups is 3. The SMILES string of the molecule is O=C(C1CCN([C@H]2CC(=O)N(c3ccc(F)cc3)C2=O)CC1)N1CCCCCC1. The van der Waals surface area contributed by atoms with E-state index in [2.05, 4.69) is 0 Å². The minimum Gasteiger partial charge on any atom is -0.342 e. The molecule has 1 aromatic carbocycles. The molecular formula is C22H28FN3O3. The zero-order chi connectivity index (χ0) is 20.4. The lowest BCUT2D eigenvalue weighted by atomic mass is 9.94. The topological polar surface area (TPSA) is 60.9 Å². The summed E-state index contributed by atoms with van der Waals surface area (Å²) in [6.07, 6.45) is 6.16. The van der Waals surface area contributed by atoms with Gasteiger partial charge in [-0.05, 0) is 63.0 Å². The summed E-state index contributed by atoms with van der Waals surface area (Å²) in [4.78, 5) is 43.4. The van der Waals surface area contributed by atoms with Gasteiger partial charge in [-0.15, -0.1) is 0 Å². The molecule has 156 valence electrons. The molecule has 0 N–H and O–H groups in total. The first-order valence-electron chi connectivity index (χ1n) is 10.7. The first kappa shape index (κ1) is 20.0. The number of likely N-dealkylation sites (tertiary alicyclic amines) is 2. The summed E-state index contributed by atoms with van der Waals surface area (Å²) in [5, 5.41) is 0. The fourth-order valence-corrected chi connectivity index (χ4v) is 4.77. The maximum Gasteiger partial charge on any atom is 0.251 e. The van der Waals surface area contributed by atoms with Crippen molar-refractivity contribution in [2.75, 3.05) is 31.1 Å². The van der Waals surface area contributed by atoms with Crippen LogP contribution in [0.2, 0.25) is 0 Å². The van der Waals surface area contributed by atoms with E-state index in [0.717, 1.165) is 38.8 Å². The van der Waals surface area contributed by atoms with Crippen LogP contribution in [0.15, 0.2) is 24.3 Å². The molecule has 29 heavy (non-hydrogen) atoms. The number of rotatable bonds is 3. The van der Waals surface area contributed by atoms with Gasteiger partial charge >= 0.3 is 0 Å². The normalized spacial score (nSPS) is 24.8. The van der Waals surface area contributed by atoms with Crippen molar-refractivity contribution < 1.29 is 18.8 Å². The molecule has 0 aliphatic carbocycles. The summed E-state index contributed by atoms with van der Waals surface area (Å²) in [6.45, 7) is 3.01. The summed E-state index contributed by atoms with van der Waals surface area (Å²) in [5.74, 6) is -0.633. The van der Waals surface area contributed by atoms with Gasteiger partial charge in [0.15, 0.2) is 0 Å². The Balaban J connectivity index is 1.36. The van der Waals surface area contributed by atoms with Crippen molar-refractivity contribution in [2.45, 2.75) is 51.0 Å². The number of amides is 3. The third-order valence-corrected chi connectivity index (χ3v) is 6.44. The quantitative estimate of drug-likeness (QED) is 0.731. The second-order valence-electron chi connectivity index (χ2n) is 8.31. The maximum absolute atomic E-state index is 13.2. The average Bonchev–Trinajstić information content (AvgIpc) is 2.91. The van der Waals surface area contributed by atoms with Gasteiger partial charge in [-0.1, -0.05) is 12.8 Å². The molecule has 0 radical (unpaired) electrons. The van der Waals surface area contributed by atoms with Gasteiger partial charge in [0.1, 0.15) is 5.82 Å². The first-order valence-corrected chi connectivity index (χ1v) is 10.7. The molecule has 3 aliphatic heterocycles. The Bertz CT molecular complexity index is 766. The number of piperidine rings is 1. The smallest absolute Gasteiger partial charge is 0.251 e. The summed E-state index contributed by atoms with van der Waals surface area (Å²) >= 11 is 0. The van der Waals surface area contributed by atoms with Gasteiger partial charge in [-0.2, -0.15) is 0 Å². The molecule has 3 heterocycles. The Kier molecular flexibility index (Phi) is 5.94. The Morgan fingerprint density at radius 2 is 1.52 bits per heavy atom. The number of hydrogen-bond donors (Lipinski definition) is 0. The summed E-state index contributed by atoms with van der Waals surface area (Å²) < 4.78 is 13.2. The Morgan fingerprint density at radius 1 is 0.897 bits per heavy atom. The van der Waals surface area contributed by atoms with Crippen LogP contribution in [0, 0.1) is 11.7 Å². The lowest BCUT2D eigenvalue weighted by Crippen LogP contribution is -2.48. The van der Waals surface area contributed by atoms with Crippen LogP contribution in [0.5, 0.6) is 0 Å². The standard InChI is InChI=1S/C22H28FN3O3/c23-17-5-7-18(8-6-17)26-20(27)15-19(22(26)29)24-13-9-16(10-14-24)21(28)25-11-3-1-2-4-12-25/h5-8,16,19H,1-4,9-15H2/t19-/m0/s1. The molecule has 0 saturated carbocycles. The van der Waals surface area contributed by atoms with Crippen LogP contribution in [0.3, 0.4) is 0 Å². The van der Waals surface area contributed by atoms with E-state index < -0.39 is 11.9 Å². The molecule has 0 bridgehead atoms. The third kappa shape index (κ3) is 4.20. The number of benzene rings is 1. The van der Waals surface area contributed by atoms with E-state index in [9.17, 15) is 18.8 Å². The van der Waals surface area contributed by atoms with Crippen LogP contribution in [0.25, 0.3) is 0 Å². The van der Waals surface area contributed by atoms with Crippen molar-refractivity contribution in [2.24, 2.45) is 5.92 Å². The predicted octanol–water partition coefficient (Wildman–Crippen LogP) is 2.57. The Labute approximate surface area is 170 Å². The van der Waals surface area contributed by atoms with Crippen molar-refractivity contribution in [1.82, 2.24) is 9.80 Å². The highest BCUT2D eigenvalue weighted by molar-refractivity contribution is 6.22. The first-order chi connectivity index (χ1) is 14.0. The molecule has 7 heteroatoms. The van der Waals surface area contributed by atoms with Crippen molar-refractivity contribution >= 4 is 23.4 Å². The van der Waals surface area contributed by atoms with Crippen LogP contribution in [-0.4, -0.2) is 59.7 Å². The van der Waals surface area contributed by atoms with Gasteiger partial charge in [0.2, 0.25) is 11.8 Å². The van der Waals surface area contributed by atoms with Crippen LogP contribution >= 0.6 is 0 Å². The minimum absolute atomic E-state index is 0.0183. The molecule has 0 aromatic heterocycles. The van der Waals surface area contributed by atoms with E-state index in [1.165, 1.54) is 42.0 Å². The lowest BCUT2D eigenvalue weighted by Gasteiger charge is -2.36. The number of anilines is 1. The van der Waals surface area contributed by atoms with Gasteiger partial charge in [0.25, 0.3) is 5.91 Å². The second-order valence-corrected chi connectivity index (χ2v) is 8.31. The van der Waals surface area contributed by atoms with Crippen LogP contribution in [0.4, 0.5) is 10.1 Å². The van der Waals surface area contributed by atoms with Gasteiger partial charge in [-0.3, -0.25) is 19.3 Å². The lowest BCUT2D eigenvalue weighted by molar-refractivity contribution is -0.137. The Morgan fingerprint density at radius 3 is 2.14 bits per heavy atom. The molecule has 1 atom stereocenters. The highest BCUT2D eigenvalue weighted by Gasteiger charge is 2.44. The van der Waals surface area contributed by atoms with Gasteiger partial charge < -0.3 is 4.90 Å². The van der Waals surface area contributed by atoms with E-state index >= 15 is 0 Å². The number of imide groups is 1. The molecular weight excluding hydrogens is 373 g/mol. The number of nitrogens with zero attached hydrogens (tertiary/aromatic N) is 3. The highest BCUT2D eigenvalue weighted by Crippen LogP contribution is 2.29. The van der Waals surface area contributed by atoms with Crippen LogP contribution in [0.1, 0.15) is 44.9 Å². The van der Waals surface area contributed by atoms with Crippen molar-refractivity contribution in [3.8, 4) is 0 Å². The number of halogens is 1. The van der Waals surface area contributed by atoms with E-state index in [0.29, 0.717) is 18.8 Å². The van der Waals surface area contributed by atoms with Crippen LogP contribution < -0.4 is 4.90 Å². The van der Waals surface area contributed by atoms with Crippen molar-refractivity contribution in [3.63, 3.8) is 0 Å². The molecule has 0 spiro atoms. The summed E-state index contributed by atoms with van der Waals surface area (Å²) in [6, 6.07) is 4.94. The van der Waals surface area contributed by atoms with Gasteiger partial charge in [-0.25, -0.2) is 9.29 Å². The van der Waals surface area contributed by atoms with Crippen LogP contribution in [-0.2, 0) is 14.4 Å². The monoisotopic (exact) mass is 401 g/mol. The second kappa shape index (κ2) is 8.61. The van der Waals surface area contributed by atoms with Crippen molar-refractivity contribution in [3.05, 3.63) is 30.1 Å². The van der Waals surface area contributed by atoms with E-state index in [-0.39, 0.29) is 30.1 Å². The maximum atomic E-state index is 13.2. The molecule has 3 amide bonds. The number of hydrogen-bond acceptors (Lipinski definition) is 4. The minimum atomic E-state index is -0.484. The van der Waals surface area contributed by atoms with E-state index in [1.807, 2.05) is 9.80 Å². The van der Waals surface area contributed by atoms with Crippen molar-refractivity contribution in [1.29, 1.82) is 0 Å². The molecule has 6 nitrogen and oxygen atoms in total. The summed E-state index contributed by atoms with van der Waals surface area (Å²) in [5.41, 5.74) is 0.412. The average molecular weight is 401 g/mol. The Hall–Kier alpha value is -2.28. The molecule has 3 fully saturated rings. The molecule has 4 rings (SSSR count). The fraction of sp³-hybridized carbons (Fsp3) is 0.591. The molecule has 3 saturated heterocycles. The number of carbonyl (C=O) groups excluding carboxylic acids is 3. The molecule has 3 aliphatic rings. The zero-order valence-corrected chi connectivity index (χ0v) is 16.7. The fourth-order valence-electron chi connectivity index (χ4n) is 4.77. The summed E-state index contributed by atoms with van der Waals surface area (Å²) in [7, 11) is 0. The highest BCUT2D eigenvalue weighted by atomic mass is 19.1. The van der Waals surface area contributed by atoms with Gasteiger partial charge in [0, 0.05) is 19.0 Å². The molecule has 0 unspecified atom stereocenters. The van der Waals surface area contributed by atoms with E-state index in [4.69, 9.17) is 0 Å². The molecule has 1 aromatic rings. The third-order valence-electron chi connectivity index (χ3n) is 6.44. The zero-order valence-electron chi connectivity index (χ0n) is 16.7.